The van der Waals surface area contributed by atoms with Gasteiger partial charge in [-0.15, -0.1) is 0 Å². The first-order valence-electron chi connectivity index (χ1n) is 7.32. The minimum atomic E-state index is -0.639. The molecule has 0 aliphatic carbocycles. The minimum Gasteiger partial charge on any atom is -0.322 e. The normalized spacial score (nSPS) is 13.2. The van der Waals surface area contributed by atoms with E-state index in [0.29, 0.717) is 10.7 Å². The quantitative estimate of drug-likeness (QED) is 0.601. The molecular formula is C16H14ClN4O4+. The van der Waals surface area contributed by atoms with Gasteiger partial charge in [-0.25, -0.2) is 19.1 Å². The smallest absolute Gasteiger partial charge is 0.322 e. The van der Waals surface area contributed by atoms with Crippen molar-refractivity contribution >= 4 is 34.7 Å². The van der Waals surface area contributed by atoms with Crippen molar-refractivity contribution in [3.8, 4) is 0 Å². The van der Waals surface area contributed by atoms with Crippen LogP contribution in [-0.4, -0.2) is 20.9 Å². The Morgan fingerprint density at radius 3 is 2.40 bits per heavy atom. The Kier molecular flexibility index (Phi) is 4.13. The number of nitrogens with one attached hydrogen (secondary N) is 2. The first-order chi connectivity index (χ1) is 11.8. The molecule has 8 nitrogen and oxygen atoms in total. The van der Waals surface area contributed by atoms with E-state index in [4.69, 9.17) is 11.6 Å². The monoisotopic (exact) mass is 361 g/mol. The van der Waals surface area contributed by atoms with Gasteiger partial charge in [0.15, 0.2) is 0 Å². The molecule has 0 radical (unpaired) electrons. The van der Waals surface area contributed by atoms with Crippen LogP contribution in [-0.2, 0) is 23.7 Å². The summed E-state index contributed by atoms with van der Waals surface area (Å²) < 4.78 is 2.02. The lowest BCUT2D eigenvalue weighted by atomic mass is 10.1. The molecule has 2 amide bonds. The first-order valence-corrected chi connectivity index (χ1v) is 7.70. The third-order valence-electron chi connectivity index (χ3n) is 3.94. The van der Waals surface area contributed by atoms with Gasteiger partial charge < -0.3 is 5.32 Å². The lowest BCUT2D eigenvalue weighted by Crippen LogP contribution is -2.89. The van der Waals surface area contributed by atoms with Crippen molar-refractivity contribution in [1.29, 1.82) is 0 Å². The molecule has 0 fully saturated rings. The minimum absolute atomic E-state index is 0.00454. The summed E-state index contributed by atoms with van der Waals surface area (Å²) in [6.07, 6.45) is -0.264. The molecule has 1 aliphatic heterocycles. The average molecular weight is 362 g/mol. The highest BCUT2D eigenvalue weighted by Gasteiger charge is 2.27. The van der Waals surface area contributed by atoms with Crippen molar-refractivity contribution < 1.29 is 14.6 Å². The van der Waals surface area contributed by atoms with E-state index < -0.39 is 23.1 Å². The fourth-order valence-corrected chi connectivity index (χ4v) is 2.75. The Morgan fingerprint density at radius 1 is 1.12 bits per heavy atom. The van der Waals surface area contributed by atoms with Crippen molar-refractivity contribution in [1.82, 2.24) is 9.13 Å². The molecule has 2 N–H and O–H groups in total. The van der Waals surface area contributed by atoms with Crippen LogP contribution in [0.2, 0.25) is 5.02 Å². The van der Waals surface area contributed by atoms with E-state index in [2.05, 4.69) is 10.3 Å². The number of halogens is 1. The van der Waals surface area contributed by atoms with Crippen LogP contribution in [0.4, 0.5) is 5.69 Å². The van der Waals surface area contributed by atoms with Crippen LogP contribution in [0, 0.1) is 0 Å². The molecule has 0 atom stereocenters. The number of benzene rings is 1. The van der Waals surface area contributed by atoms with Crippen LogP contribution in [0.15, 0.2) is 33.9 Å². The van der Waals surface area contributed by atoms with Crippen LogP contribution in [0.25, 0.3) is 5.57 Å². The molecule has 2 aromatic rings. The van der Waals surface area contributed by atoms with Gasteiger partial charge in [-0.2, -0.15) is 4.57 Å². The highest BCUT2D eigenvalue weighted by Crippen LogP contribution is 2.14. The van der Waals surface area contributed by atoms with Crippen LogP contribution in [0.3, 0.4) is 0 Å². The zero-order chi connectivity index (χ0) is 18.3. The zero-order valence-electron chi connectivity index (χ0n) is 13.4. The maximum atomic E-state index is 12.6. The summed E-state index contributed by atoms with van der Waals surface area (Å²) in [4.78, 5) is 51.6. The lowest BCUT2D eigenvalue weighted by molar-refractivity contribution is -0.424. The van der Waals surface area contributed by atoms with E-state index in [0.717, 1.165) is 9.13 Å². The summed E-state index contributed by atoms with van der Waals surface area (Å²) in [6, 6.07) is 6.41. The van der Waals surface area contributed by atoms with E-state index in [1.54, 1.807) is 24.3 Å². The van der Waals surface area contributed by atoms with Crippen molar-refractivity contribution in [2.45, 2.75) is 6.42 Å². The summed E-state index contributed by atoms with van der Waals surface area (Å²) in [6.45, 7) is 0. The van der Waals surface area contributed by atoms with E-state index in [1.165, 1.54) is 14.1 Å². The fourth-order valence-electron chi connectivity index (χ4n) is 2.62. The number of carbonyl (C=O) groups is 2. The molecule has 2 heterocycles. The topological polar surface area (TPSA) is 104 Å². The second-order valence-electron chi connectivity index (χ2n) is 5.59. The maximum Gasteiger partial charge on any atom is 0.417 e. The number of carbonyl (C=O) groups excluding carboxylic acids is 2. The zero-order valence-corrected chi connectivity index (χ0v) is 14.2. The number of amides is 2. The Morgan fingerprint density at radius 2 is 1.76 bits per heavy atom. The average Bonchev–Trinajstić information content (AvgIpc) is 2.59. The van der Waals surface area contributed by atoms with Crippen molar-refractivity contribution in [2.75, 3.05) is 5.32 Å². The number of aromatic nitrogens is 2. The van der Waals surface area contributed by atoms with Gasteiger partial charge in [-0.1, -0.05) is 11.6 Å². The molecule has 1 aliphatic rings. The summed E-state index contributed by atoms with van der Waals surface area (Å²) in [5, 5.41) is 3.15. The molecule has 25 heavy (non-hydrogen) atoms. The number of fused-ring (bicyclic) bond motifs is 1. The molecule has 0 spiro atoms. The summed E-state index contributed by atoms with van der Waals surface area (Å²) in [7, 11) is 2.73. The van der Waals surface area contributed by atoms with Crippen LogP contribution in [0.1, 0.15) is 6.42 Å². The molecule has 9 heteroatoms. The second kappa shape index (κ2) is 6.14. The number of rotatable bonds is 2. The largest absolute Gasteiger partial charge is 0.417 e. The van der Waals surface area contributed by atoms with E-state index in [1.807, 2.05) is 0 Å². The molecule has 1 aromatic carbocycles. The van der Waals surface area contributed by atoms with Crippen molar-refractivity contribution in [3.63, 3.8) is 0 Å². The van der Waals surface area contributed by atoms with Crippen molar-refractivity contribution in [2.24, 2.45) is 14.1 Å². The number of nitrogens with zero attached hydrogens (tertiary/aromatic N) is 2. The molecule has 3 rings (SSSR count). The Labute approximate surface area is 145 Å². The predicted octanol–water partition coefficient (Wildman–Crippen LogP) is -2.84. The molecule has 128 valence electrons. The molecule has 0 saturated heterocycles. The van der Waals surface area contributed by atoms with Gasteiger partial charge in [-0.05, 0) is 24.3 Å². The van der Waals surface area contributed by atoms with E-state index >= 15 is 0 Å². The van der Waals surface area contributed by atoms with Gasteiger partial charge in [0.2, 0.25) is 0 Å². The third-order valence-corrected chi connectivity index (χ3v) is 4.19. The third kappa shape index (κ3) is 2.91. The van der Waals surface area contributed by atoms with Crippen LogP contribution in [0.5, 0.6) is 0 Å². The van der Waals surface area contributed by atoms with Gasteiger partial charge in [0.05, 0.1) is 13.5 Å². The second-order valence-corrected chi connectivity index (χ2v) is 6.03. The van der Waals surface area contributed by atoms with Gasteiger partial charge in [0, 0.05) is 23.3 Å². The summed E-state index contributed by atoms with van der Waals surface area (Å²) >= 11 is 5.81. The van der Waals surface area contributed by atoms with Gasteiger partial charge in [-0.3, -0.25) is 9.59 Å². The number of hydrogen-bond acceptors (Lipinski definition) is 4. The van der Waals surface area contributed by atoms with E-state index in [9.17, 15) is 19.2 Å². The Balaban J connectivity index is 2.24. The van der Waals surface area contributed by atoms with Gasteiger partial charge in [0.25, 0.3) is 17.0 Å². The molecule has 0 bridgehead atoms. The lowest BCUT2D eigenvalue weighted by Gasteiger charge is -2.10. The van der Waals surface area contributed by atoms with Crippen LogP contribution < -0.4 is 32.3 Å². The Hall–Kier alpha value is -3.00. The molecule has 0 saturated carbocycles. The summed E-state index contributed by atoms with van der Waals surface area (Å²) in [5.41, 5.74) is -0.741. The molecule has 0 unspecified atom stereocenters. The predicted molar refractivity (Wildman–Crippen MR) is 89.4 cm³/mol. The Bertz CT molecular complexity index is 1140. The number of hydrogen-bond donors (Lipinski definition) is 2. The highest BCUT2D eigenvalue weighted by molar-refractivity contribution is 6.30. The molecule has 1 aromatic heterocycles. The fraction of sp³-hybridized carbons (Fsp3) is 0.188. The maximum absolute atomic E-state index is 12.6. The van der Waals surface area contributed by atoms with Crippen molar-refractivity contribution in [3.05, 3.63) is 60.8 Å². The van der Waals surface area contributed by atoms with Gasteiger partial charge in [0.1, 0.15) is 5.22 Å². The SMILES string of the molecule is Cn1c(=O)c2c(n(C)c1=O)=[NH+]C(=O)CC=2C(=O)Nc1ccc(Cl)cc1. The highest BCUT2D eigenvalue weighted by atomic mass is 35.5. The van der Waals surface area contributed by atoms with Gasteiger partial charge >= 0.3 is 11.6 Å². The first kappa shape index (κ1) is 16.8. The molecular weight excluding hydrogens is 348 g/mol. The number of anilines is 1. The standard InChI is InChI=1S/C16H13ClN4O4/c1-20-13-12(15(24)21(2)16(20)25)10(7-11(22)19-13)14(23)18-9-5-3-8(17)4-6-9/h3-6H,7H2,1-2H3,(H,18,23)/p+1. The van der Waals surface area contributed by atoms with Crippen LogP contribution >= 0.6 is 11.6 Å². The van der Waals surface area contributed by atoms with E-state index in [-0.39, 0.29) is 22.7 Å². The summed E-state index contributed by atoms with van der Waals surface area (Å²) in [5.74, 6) is -1.06.